The second-order valence-electron chi connectivity index (χ2n) is 6.60. The monoisotopic (exact) mass is 283 g/mol. The van der Waals surface area contributed by atoms with E-state index in [9.17, 15) is 4.79 Å². The molecular formula is C16H33N3O. The Morgan fingerprint density at radius 1 is 1.30 bits per heavy atom. The lowest BCUT2D eigenvalue weighted by Gasteiger charge is -2.27. The molecule has 1 N–H and O–H groups in total. The van der Waals surface area contributed by atoms with Crippen molar-refractivity contribution in [3.05, 3.63) is 0 Å². The van der Waals surface area contributed by atoms with E-state index in [1.807, 2.05) is 0 Å². The molecule has 1 rings (SSSR count). The maximum absolute atomic E-state index is 12.6. The predicted molar refractivity (Wildman–Crippen MR) is 84.5 cm³/mol. The van der Waals surface area contributed by atoms with E-state index in [1.165, 1.54) is 0 Å². The molecule has 0 aromatic heterocycles. The molecule has 1 amide bonds. The van der Waals surface area contributed by atoms with E-state index in [2.05, 4.69) is 56.8 Å². The van der Waals surface area contributed by atoms with E-state index in [4.69, 9.17) is 0 Å². The Hall–Kier alpha value is -0.610. The van der Waals surface area contributed by atoms with Gasteiger partial charge in [0.05, 0.1) is 12.2 Å². The molecule has 1 aliphatic rings. The van der Waals surface area contributed by atoms with Crippen molar-refractivity contribution in [3.8, 4) is 0 Å². The summed E-state index contributed by atoms with van der Waals surface area (Å²) in [5, 5.41) is 3.57. The van der Waals surface area contributed by atoms with Crippen molar-refractivity contribution in [2.45, 2.75) is 59.7 Å². The van der Waals surface area contributed by atoms with Crippen LogP contribution in [0, 0.1) is 11.8 Å². The number of carbonyl (C=O) groups excluding carboxylic acids is 1. The van der Waals surface area contributed by atoms with E-state index in [-0.39, 0.29) is 12.2 Å². The van der Waals surface area contributed by atoms with Crippen molar-refractivity contribution in [2.75, 3.05) is 26.7 Å². The minimum Gasteiger partial charge on any atom is -0.324 e. The molecule has 0 aliphatic carbocycles. The van der Waals surface area contributed by atoms with Crippen molar-refractivity contribution in [1.82, 2.24) is 15.1 Å². The molecule has 1 saturated heterocycles. The standard InChI is InChI=1S/C16H33N3O/c1-7-13(5)15-16(20)19(10-9-18(6)8-2)14(17-15)11-12(3)4/h12-15,17H,7-11H2,1-6H3. The topological polar surface area (TPSA) is 35.6 Å². The summed E-state index contributed by atoms with van der Waals surface area (Å²) in [4.78, 5) is 17.0. The van der Waals surface area contributed by atoms with Gasteiger partial charge in [0, 0.05) is 13.1 Å². The molecule has 118 valence electrons. The van der Waals surface area contributed by atoms with Gasteiger partial charge in [0.25, 0.3) is 0 Å². The number of hydrogen-bond donors (Lipinski definition) is 1. The quantitative estimate of drug-likeness (QED) is 0.741. The third kappa shape index (κ3) is 4.45. The van der Waals surface area contributed by atoms with Crippen molar-refractivity contribution in [1.29, 1.82) is 0 Å². The molecule has 20 heavy (non-hydrogen) atoms. The lowest BCUT2D eigenvalue weighted by atomic mass is 9.99. The highest BCUT2D eigenvalue weighted by atomic mass is 16.2. The van der Waals surface area contributed by atoms with Gasteiger partial charge >= 0.3 is 0 Å². The molecule has 0 spiro atoms. The number of rotatable bonds is 8. The Kier molecular flexibility index (Phi) is 6.96. The molecule has 1 fully saturated rings. The van der Waals surface area contributed by atoms with Gasteiger partial charge in [0.1, 0.15) is 0 Å². The van der Waals surface area contributed by atoms with Crippen molar-refractivity contribution in [3.63, 3.8) is 0 Å². The Labute approximate surface area is 124 Å². The van der Waals surface area contributed by atoms with Crippen LogP contribution in [-0.2, 0) is 4.79 Å². The van der Waals surface area contributed by atoms with Gasteiger partial charge in [0.15, 0.2) is 0 Å². The van der Waals surface area contributed by atoms with Crippen molar-refractivity contribution in [2.24, 2.45) is 11.8 Å². The maximum atomic E-state index is 12.6. The SMILES string of the molecule is CCC(C)C1NC(CC(C)C)N(CCN(C)CC)C1=O. The number of likely N-dealkylation sites (N-methyl/N-ethyl adjacent to an activating group) is 1. The summed E-state index contributed by atoms with van der Waals surface area (Å²) in [6.07, 6.45) is 2.29. The van der Waals surface area contributed by atoms with Gasteiger partial charge in [0.2, 0.25) is 5.91 Å². The number of hydrogen-bond acceptors (Lipinski definition) is 3. The third-order valence-corrected chi connectivity index (χ3v) is 4.47. The lowest BCUT2D eigenvalue weighted by molar-refractivity contribution is -0.131. The molecule has 3 unspecified atom stereocenters. The molecule has 3 atom stereocenters. The molecule has 0 bridgehead atoms. The van der Waals surface area contributed by atoms with Gasteiger partial charge < -0.3 is 9.80 Å². The normalized spacial score (nSPS) is 25.0. The molecule has 0 aromatic carbocycles. The van der Waals surface area contributed by atoms with Gasteiger partial charge in [-0.1, -0.05) is 41.0 Å². The van der Waals surface area contributed by atoms with Crippen LogP contribution in [0.2, 0.25) is 0 Å². The van der Waals surface area contributed by atoms with Crippen LogP contribution in [-0.4, -0.2) is 54.6 Å². The van der Waals surface area contributed by atoms with Crippen LogP contribution in [0.4, 0.5) is 0 Å². The highest BCUT2D eigenvalue weighted by Gasteiger charge is 2.40. The third-order valence-electron chi connectivity index (χ3n) is 4.47. The summed E-state index contributed by atoms with van der Waals surface area (Å²) in [6, 6.07) is 0.00989. The lowest BCUT2D eigenvalue weighted by Crippen LogP contribution is -2.42. The van der Waals surface area contributed by atoms with Gasteiger partial charge in [-0.25, -0.2) is 0 Å². The van der Waals surface area contributed by atoms with Gasteiger partial charge in [-0.15, -0.1) is 0 Å². The van der Waals surface area contributed by atoms with Gasteiger partial charge in [-0.2, -0.15) is 0 Å². The maximum Gasteiger partial charge on any atom is 0.241 e. The van der Waals surface area contributed by atoms with Gasteiger partial charge in [-0.3, -0.25) is 10.1 Å². The zero-order valence-electron chi connectivity index (χ0n) is 14.1. The van der Waals surface area contributed by atoms with Crippen LogP contribution in [0.3, 0.4) is 0 Å². The number of nitrogens with zero attached hydrogens (tertiary/aromatic N) is 2. The molecule has 4 heteroatoms. The zero-order valence-corrected chi connectivity index (χ0v) is 14.1. The molecular weight excluding hydrogens is 250 g/mol. The van der Waals surface area contributed by atoms with Crippen LogP contribution in [0.25, 0.3) is 0 Å². The van der Waals surface area contributed by atoms with Crippen LogP contribution >= 0.6 is 0 Å². The minimum atomic E-state index is 0.00989. The Balaban J connectivity index is 2.71. The van der Waals surface area contributed by atoms with Crippen molar-refractivity contribution < 1.29 is 4.79 Å². The Bertz CT molecular complexity index is 306. The molecule has 1 aliphatic heterocycles. The highest BCUT2D eigenvalue weighted by Crippen LogP contribution is 2.22. The van der Waals surface area contributed by atoms with Crippen LogP contribution in [0.1, 0.15) is 47.5 Å². The predicted octanol–water partition coefficient (Wildman–Crippen LogP) is 2.16. The summed E-state index contributed by atoms with van der Waals surface area (Å²) < 4.78 is 0. The highest BCUT2D eigenvalue weighted by molar-refractivity contribution is 5.84. The molecule has 0 aromatic rings. The first-order valence-electron chi connectivity index (χ1n) is 8.15. The van der Waals surface area contributed by atoms with E-state index < -0.39 is 0 Å². The van der Waals surface area contributed by atoms with Crippen LogP contribution in [0.5, 0.6) is 0 Å². The summed E-state index contributed by atoms with van der Waals surface area (Å²) in [6.45, 7) is 13.7. The minimum absolute atomic E-state index is 0.00989. The first kappa shape index (κ1) is 17.4. The van der Waals surface area contributed by atoms with E-state index in [1.54, 1.807) is 0 Å². The second-order valence-corrected chi connectivity index (χ2v) is 6.60. The van der Waals surface area contributed by atoms with Gasteiger partial charge in [-0.05, 0) is 31.8 Å². The van der Waals surface area contributed by atoms with Crippen molar-refractivity contribution >= 4 is 5.91 Å². The average Bonchev–Trinajstić information content (AvgIpc) is 2.71. The fourth-order valence-corrected chi connectivity index (χ4v) is 2.69. The molecule has 1 heterocycles. The summed E-state index contributed by atoms with van der Waals surface area (Å²) in [7, 11) is 2.11. The van der Waals surface area contributed by atoms with E-state index in [0.717, 1.165) is 32.5 Å². The number of carbonyl (C=O) groups is 1. The van der Waals surface area contributed by atoms with E-state index >= 15 is 0 Å². The molecule has 4 nitrogen and oxygen atoms in total. The fraction of sp³-hybridized carbons (Fsp3) is 0.938. The second kappa shape index (κ2) is 7.99. The largest absolute Gasteiger partial charge is 0.324 e. The first-order chi connectivity index (χ1) is 9.40. The average molecular weight is 283 g/mol. The fourth-order valence-electron chi connectivity index (χ4n) is 2.69. The number of amides is 1. The van der Waals surface area contributed by atoms with Crippen LogP contribution < -0.4 is 5.32 Å². The smallest absolute Gasteiger partial charge is 0.241 e. The molecule has 0 saturated carbocycles. The van der Waals surface area contributed by atoms with Crippen LogP contribution in [0.15, 0.2) is 0 Å². The van der Waals surface area contributed by atoms with E-state index in [0.29, 0.717) is 17.7 Å². The number of nitrogens with one attached hydrogen (secondary N) is 1. The first-order valence-corrected chi connectivity index (χ1v) is 8.15. The summed E-state index contributed by atoms with van der Waals surface area (Å²) in [5.41, 5.74) is 0. The summed E-state index contributed by atoms with van der Waals surface area (Å²) in [5.74, 6) is 1.31. The Morgan fingerprint density at radius 3 is 2.45 bits per heavy atom. The zero-order chi connectivity index (χ0) is 15.3. The Morgan fingerprint density at radius 2 is 1.95 bits per heavy atom. The summed E-state index contributed by atoms with van der Waals surface area (Å²) >= 11 is 0. The molecule has 0 radical (unpaired) electrons.